The average Bonchev–Trinajstić information content (AvgIpc) is 2.83. The molecule has 1 N–H and O–H groups in total. The van der Waals surface area contributed by atoms with Gasteiger partial charge in [-0.2, -0.15) is 5.10 Å². The number of carbonyl (C=O) groups is 1. The van der Waals surface area contributed by atoms with E-state index in [9.17, 15) is 4.79 Å². The maximum atomic E-state index is 12.7. The first-order valence-corrected chi connectivity index (χ1v) is 9.38. The zero-order chi connectivity index (χ0) is 14.4. The summed E-state index contributed by atoms with van der Waals surface area (Å²) in [6, 6.07) is 2.01. The molecule has 1 aromatic rings. The molecular formula is C16H19BrN2OS. The Kier molecular flexibility index (Phi) is 3.45. The predicted molar refractivity (Wildman–Crippen MR) is 88.4 cm³/mol. The molecule has 1 aromatic heterocycles. The van der Waals surface area contributed by atoms with Crippen molar-refractivity contribution < 1.29 is 4.79 Å². The Bertz CT molecular complexity index is 560. The van der Waals surface area contributed by atoms with Gasteiger partial charge in [-0.15, -0.1) is 11.3 Å². The number of hydrogen-bond acceptors (Lipinski definition) is 3. The van der Waals surface area contributed by atoms with Gasteiger partial charge in [-0.1, -0.05) is 0 Å². The van der Waals surface area contributed by atoms with E-state index in [4.69, 9.17) is 0 Å². The van der Waals surface area contributed by atoms with Crippen LogP contribution in [0.3, 0.4) is 0 Å². The highest BCUT2D eigenvalue weighted by Gasteiger charge is 2.54. The molecule has 0 unspecified atom stereocenters. The second-order valence-electron chi connectivity index (χ2n) is 7.06. The fraction of sp³-hybridized carbons (Fsp3) is 0.625. The number of rotatable bonds is 3. The van der Waals surface area contributed by atoms with Crippen molar-refractivity contribution in [1.82, 2.24) is 5.43 Å². The van der Waals surface area contributed by atoms with Crippen LogP contribution < -0.4 is 5.43 Å². The van der Waals surface area contributed by atoms with Gasteiger partial charge in [0.05, 0.1) is 11.6 Å². The zero-order valence-electron chi connectivity index (χ0n) is 11.8. The van der Waals surface area contributed by atoms with Crippen LogP contribution in [-0.4, -0.2) is 12.1 Å². The summed E-state index contributed by atoms with van der Waals surface area (Å²) in [7, 11) is 0. The number of amides is 1. The van der Waals surface area contributed by atoms with E-state index in [-0.39, 0.29) is 11.3 Å². The molecule has 4 saturated carbocycles. The van der Waals surface area contributed by atoms with E-state index >= 15 is 0 Å². The van der Waals surface area contributed by atoms with E-state index in [1.807, 2.05) is 11.4 Å². The molecule has 4 fully saturated rings. The van der Waals surface area contributed by atoms with Gasteiger partial charge in [-0.3, -0.25) is 4.79 Å². The summed E-state index contributed by atoms with van der Waals surface area (Å²) in [5.41, 5.74) is 2.71. The number of carbonyl (C=O) groups excluding carboxylic acids is 1. The number of nitrogens with one attached hydrogen (secondary N) is 1. The first-order chi connectivity index (χ1) is 10.1. The van der Waals surface area contributed by atoms with Crippen LogP contribution in [0.2, 0.25) is 0 Å². The first-order valence-electron chi connectivity index (χ1n) is 7.70. The van der Waals surface area contributed by atoms with E-state index < -0.39 is 0 Å². The smallest absolute Gasteiger partial charge is 0.246 e. The molecule has 0 aliphatic heterocycles. The minimum absolute atomic E-state index is 0.109. The van der Waals surface area contributed by atoms with Crippen molar-refractivity contribution in [2.75, 3.05) is 0 Å². The summed E-state index contributed by atoms with van der Waals surface area (Å²) in [6.07, 6.45) is 9.09. The van der Waals surface area contributed by atoms with Crippen LogP contribution in [0.25, 0.3) is 0 Å². The Morgan fingerprint density at radius 3 is 2.43 bits per heavy atom. The third kappa shape index (κ3) is 2.59. The Morgan fingerprint density at radius 2 is 1.90 bits per heavy atom. The number of hydrazone groups is 1. The molecule has 21 heavy (non-hydrogen) atoms. The van der Waals surface area contributed by atoms with Crippen molar-refractivity contribution in [3.8, 4) is 0 Å². The van der Waals surface area contributed by atoms with E-state index in [1.165, 1.54) is 19.3 Å². The van der Waals surface area contributed by atoms with Gasteiger partial charge in [0.15, 0.2) is 0 Å². The molecule has 1 heterocycles. The average molecular weight is 367 g/mol. The summed E-state index contributed by atoms with van der Waals surface area (Å²) < 4.78 is 1.06. The van der Waals surface area contributed by atoms with Crippen LogP contribution >= 0.6 is 27.3 Å². The minimum Gasteiger partial charge on any atom is -0.273 e. The van der Waals surface area contributed by atoms with E-state index in [0.717, 1.165) is 46.4 Å². The lowest BCUT2D eigenvalue weighted by Gasteiger charge is -2.55. The third-order valence-electron chi connectivity index (χ3n) is 5.47. The van der Waals surface area contributed by atoms with Crippen molar-refractivity contribution in [1.29, 1.82) is 0 Å². The normalized spacial score (nSPS) is 37.3. The van der Waals surface area contributed by atoms with Crippen molar-refractivity contribution in [3.63, 3.8) is 0 Å². The molecule has 4 aliphatic carbocycles. The number of thiophene rings is 1. The molecule has 0 radical (unpaired) electrons. The molecule has 0 saturated heterocycles. The van der Waals surface area contributed by atoms with Crippen LogP contribution in [0.15, 0.2) is 21.0 Å². The standard InChI is InChI=1S/C16H19BrN2OS/c17-13-4-14(21-9-13)8-18-19-15(20)16-5-10-1-11(6-16)3-12(2-10)7-16/h4,8-12H,1-3,5-7H2,(H,19,20)/b18-8-. The number of hydrogen-bond donors (Lipinski definition) is 1. The maximum Gasteiger partial charge on any atom is 0.246 e. The Morgan fingerprint density at radius 1 is 1.29 bits per heavy atom. The molecule has 0 atom stereocenters. The number of halogens is 1. The summed E-state index contributed by atoms with van der Waals surface area (Å²) >= 11 is 5.04. The molecule has 1 amide bonds. The molecule has 5 heteroatoms. The second-order valence-corrected chi connectivity index (χ2v) is 8.92. The Labute approximate surface area is 137 Å². The highest BCUT2D eigenvalue weighted by Crippen LogP contribution is 2.60. The molecule has 4 bridgehead atoms. The van der Waals surface area contributed by atoms with E-state index in [2.05, 4.69) is 26.5 Å². The van der Waals surface area contributed by atoms with Crippen LogP contribution in [0, 0.1) is 23.2 Å². The first kappa shape index (κ1) is 13.9. The van der Waals surface area contributed by atoms with E-state index in [1.54, 1.807) is 17.6 Å². The maximum absolute atomic E-state index is 12.7. The van der Waals surface area contributed by atoms with Crippen LogP contribution in [0.1, 0.15) is 43.4 Å². The lowest BCUT2D eigenvalue weighted by atomic mass is 9.49. The van der Waals surface area contributed by atoms with Gasteiger partial charge in [0, 0.05) is 14.7 Å². The predicted octanol–water partition coefficient (Wildman–Crippen LogP) is 4.18. The van der Waals surface area contributed by atoms with Gasteiger partial charge in [-0.25, -0.2) is 5.43 Å². The van der Waals surface area contributed by atoms with Gasteiger partial charge >= 0.3 is 0 Å². The second kappa shape index (κ2) is 5.20. The topological polar surface area (TPSA) is 41.5 Å². The van der Waals surface area contributed by atoms with Gasteiger partial charge in [-0.05, 0) is 78.3 Å². The quantitative estimate of drug-likeness (QED) is 0.632. The molecule has 0 aromatic carbocycles. The van der Waals surface area contributed by atoms with Crippen molar-refractivity contribution in [3.05, 3.63) is 20.8 Å². The lowest BCUT2D eigenvalue weighted by Crippen LogP contribution is -2.52. The summed E-state index contributed by atoms with van der Waals surface area (Å²) in [5, 5.41) is 6.19. The molecule has 4 aliphatic rings. The minimum atomic E-state index is -0.109. The highest BCUT2D eigenvalue weighted by atomic mass is 79.9. The van der Waals surface area contributed by atoms with Crippen LogP contribution in [-0.2, 0) is 4.79 Å². The third-order valence-corrected chi connectivity index (χ3v) is 7.09. The number of nitrogens with zero attached hydrogens (tertiary/aromatic N) is 1. The van der Waals surface area contributed by atoms with Gasteiger partial charge in [0.2, 0.25) is 5.91 Å². The van der Waals surface area contributed by atoms with Crippen molar-refractivity contribution in [2.24, 2.45) is 28.3 Å². The summed E-state index contributed by atoms with van der Waals surface area (Å²) in [6.45, 7) is 0. The largest absolute Gasteiger partial charge is 0.273 e. The van der Waals surface area contributed by atoms with Crippen LogP contribution in [0.4, 0.5) is 0 Å². The summed E-state index contributed by atoms with van der Waals surface area (Å²) in [5.74, 6) is 2.53. The van der Waals surface area contributed by atoms with E-state index in [0.29, 0.717) is 0 Å². The fourth-order valence-corrected chi connectivity index (χ4v) is 6.36. The molecule has 0 spiro atoms. The Hall–Kier alpha value is -0.680. The van der Waals surface area contributed by atoms with Gasteiger partial charge in [0.1, 0.15) is 0 Å². The van der Waals surface area contributed by atoms with Crippen molar-refractivity contribution in [2.45, 2.75) is 38.5 Å². The van der Waals surface area contributed by atoms with Crippen molar-refractivity contribution >= 4 is 39.4 Å². The molecule has 112 valence electrons. The fourth-order valence-electron chi connectivity index (χ4n) is 5.06. The molecule has 3 nitrogen and oxygen atoms in total. The highest BCUT2D eigenvalue weighted by molar-refractivity contribution is 9.10. The van der Waals surface area contributed by atoms with Gasteiger partial charge < -0.3 is 0 Å². The van der Waals surface area contributed by atoms with Crippen LogP contribution in [0.5, 0.6) is 0 Å². The monoisotopic (exact) mass is 366 g/mol. The summed E-state index contributed by atoms with van der Waals surface area (Å²) in [4.78, 5) is 13.7. The van der Waals surface area contributed by atoms with Gasteiger partial charge in [0.25, 0.3) is 0 Å². The molecule has 5 rings (SSSR count). The zero-order valence-corrected chi connectivity index (χ0v) is 14.3. The SMILES string of the molecule is O=C(N/N=C\c1cc(Br)cs1)C12CC3CC(CC(C3)C1)C2. The molecular weight excluding hydrogens is 348 g/mol. The lowest BCUT2D eigenvalue weighted by molar-refractivity contribution is -0.146. The Balaban J connectivity index is 1.44.